The summed E-state index contributed by atoms with van der Waals surface area (Å²) in [7, 11) is 1.38. The van der Waals surface area contributed by atoms with Gasteiger partial charge in [-0.15, -0.1) is 0 Å². The van der Waals surface area contributed by atoms with Crippen LogP contribution in [0.4, 0.5) is 5.69 Å². The minimum atomic E-state index is -0.632. The molecule has 0 atom stereocenters. The van der Waals surface area contributed by atoms with Crippen molar-refractivity contribution in [2.24, 2.45) is 7.05 Å². The van der Waals surface area contributed by atoms with Gasteiger partial charge in [0.05, 0.1) is 22.4 Å². The lowest BCUT2D eigenvalue weighted by Gasteiger charge is -2.07. The Hall–Kier alpha value is -3.63. The summed E-state index contributed by atoms with van der Waals surface area (Å²) in [5.41, 5.74) is -0.581. The molecule has 1 saturated carbocycles. The van der Waals surface area contributed by atoms with Crippen molar-refractivity contribution in [3.63, 3.8) is 0 Å². The monoisotopic (exact) mass is 356 g/mol. The number of rotatable bonds is 5. The van der Waals surface area contributed by atoms with Gasteiger partial charge in [-0.25, -0.2) is 4.79 Å². The topological polar surface area (TPSA) is 139 Å². The van der Waals surface area contributed by atoms with Crippen LogP contribution in [0.2, 0.25) is 0 Å². The van der Waals surface area contributed by atoms with Crippen molar-refractivity contribution in [1.82, 2.24) is 24.9 Å². The molecule has 2 aromatic heterocycles. The number of ketones is 1. The van der Waals surface area contributed by atoms with Crippen molar-refractivity contribution in [3.05, 3.63) is 61.9 Å². The number of tetrazole rings is 1. The summed E-state index contributed by atoms with van der Waals surface area (Å²) in [6.07, 6.45) is 3.14. The number of aryl methyl sites for hydroxylation is 1. The summed E-state index contributed by atoms with van der Waals surface area (Å²) < 4.78 is 7.00. The molecule has 0 N–H and O–H groups in total. The van der Waals surface area contributed by atoms with Gasteiger partial charge in [-0.3, -0.25) is 14.9 Å². The summed E-state index contributed by atoms with van der Waals surface area (Å²) in [5.74, 6) is 0.193. The maximum absolute atomic E-state index is 13.0. The third kappa shape index (κ3) is 2.49. The Balaban J connectivity index is 1.89. The summed E-state index contributed by atoms with van der Waals surface area (Å²) in [4.78, 5) is 35.7. The van der Waals surface area contributed by atoms with E-state index in [1.807, 2.05) is 0 Å². The van der Waals surface area contributed by atoms with Crippen molar-refractivity contribution >= 4 is 11.5 Å². The van der Waals surface area contributed by atoms with Gasteiger partial charge in [0, 0.05) is 30.7 Å². The number of aromatic nitrogens is 5. The van der Waals surface area contributed by atoms with Gasteiger partial charge in [-0.05, 0) is 29.3 Å². The van der Waals surface area contributed by atoms with Crippen molar-refractivity contribution in [2.75, 3.05) is 0 Å². The van der Waals surface area contributed by atoms with E-state index < -0.39 is 16.4 Å². The summed E-state index contributed by atoms with van der Waals surface area (Å²) in [5, 5.41) is 22.1. The number of carbonyl (C=O) groups excluding carboxylic acids is 1. The van der Waals surface area contributed by atoms with E-state index in [0.29, 0.717) is 5.76 Å². The minimum absolute atomic E-state index is 0.0229. The molecule has 11 heteroatoms. The zero-order valence-electron chi connectivity index (χ0n) is 13.5. The molecule has 26 heavy (non-hydrogen) atoms. The van der Waals surface area contributed by atoms with E-state index in [1.54, 1.807) is 0 Å². The van der Waals surface area contributed by atoms with Crippen molar-refractivity contribution in [1.29, 1.82) is 0 Å². The van der Waals surface area contributed by atoms with Crippen LogP contribution in [0.15, 0.2) is 33.7 Å². The largest absolute Gasteiger partial charge is 0.368 e. The molecule has 0 unspecified atom stereocenters. The van der Waals surface area contributed by atoms with Crippen LogP contribution < -0.4 is 5.69 Å². The molecule has 132 valence electrons. The average molecular weight is 356 g/mol. The second kappa shape index (κ2) is 5.72. The van der Waals surface area contributed by atoms with Gasteiger partial charge < -0.3 is 4.52 Å². The van der Waals surface area contributed by atoms with Crippen LogP contribution in [0, 0.1) is 10.1 Å². The van der Waals surface area contributed by atoms with Gasteiger partial charge in [0.2, 0.25) is 0 Å². The van der Waals surface area contributed by atoms with Crippen molar-refractivity contribution in [3.8, 4) is 5.69 Å². The Morgan fingerprint density at radius 1 is 1.31 bits per heavy atom. The summed E-state index contributed by atoms with van der Waals surface area (Å²) in [6.45, 7) is 0. The highest BCUT2D eigenvalue weighted by molar-refractivity contribution is 6.12. The molecule has 0 saturated heterocycles. The van der Waals surface area contributed by atoms with Gasteiger partial charge in [0.25, 0.3) is 5.69 Å². The number of nitro benzene ring substituents is 1. The molecule has 1 aliphatic rings. The molecule has 3 aromatic rings. The average Bonchev–Trinajstić information content (AvgIpc) is 3.27. The van der Waals surface area contributed by atoms with Crippen LogP contribution in [0.3, 0.4) is 0 Å². The standard InChI is InChI=1S/C15H12N6O5/c1-19-15(23)20(18-17-19)12-6-9(21(24)25)4-5-10(12)13(22)11-7-16-26-14(11)8-2-3-8/h4-8H,2-3H2,1H3. The molecule has 0 aliphatic heterocycles. The van der Waals surface area contributed by atoms with E-state index in [1.165, 1.54) is 25.4 Å². The predicted molar refractivity (Wildman–Crippen MR) is 85.2 cm³/mol. The molecular weight excluding hydrogens is 344 g/mol. The van der Waals surface area contributed by atoms with Crippen LogP contribution in [-0.4, -0.2) is 35.7 Å². The molecule has 1 aliphatic carbocycles. The van der Waals surface area contributed by atoms with Gasteiger partial charge in [-0.2, -0.15) is 9.36 Å². The fraction of sp³-hybridized carbons (Fsp3) is 0.267. The Morgan fingerprint density at radius 3 is 2.69 bits per heavy atom. The van der Waals surface area contributed by atoms with E-state index >= 15 is 0 Å². The second-order valence-corrected chi connectivity index (χ2v) is 5.96. The lowest BCUT2D eigenvalue weighted by atomic mass is 10.0. The number of benzene rings is 1. The first-order valence-electron chi connectivity index (χ1n) is 7.74. The van der Waals surface area contributed by atoms with Crippen LogP contribution in [0.1, 0.15) is 40.4 Å². The van der Waals surface area contributed by atoms with E-state index in [-0.39, 0.29) is 28.4 Å². The molecule has 1 aromatic carbocycles. The second-order valence-electron chi connectivity index (χ2n) is 5.96. The highest BCUT2D eigenvalue weighted by atomic mass is 16.6. The zero-order valence-corrected chi connectivity index (χ0v) is 13.5. The number of nitro groups is 1. The number of nitrogens with zero attached hydrogens (tertiary/aromatic N) is 6. The Labute approximate surface area is 144 Å². The number of carbonyl (C=O) groups is 1. The van der Waals surface area contributed by atoms with Gasteiger partial charge in [-0.1, -0.05) is 5.16 Å². The number of hydrogen-bond acceptors (Lipinski definition) is 8. The Morgan fingerprint density at radius 2 is 2.08 bits per heavy atom. The SMILES string of the molecule is Cn1nnn(-c2cc([N+](=O)[O-])ccc2C(=O)c2cnoc2C2CC2)c1=O. The highest BCUT2D eigenvalue weighted by Gasteiger charge is 2.33. The summed E-state index contributed by atoms with van der Waals surface area (Å²) >= 11 is 0. The molecule has 0 amide bonds. The fourth-order valence-electron chi connectivity index (χ4n) is 2.67. The quantitative estimate of drug-likeness (QED) is 0.374. The highest BCUT2D eigenvalue weighted by Crippen LogP contribution is 2.42. The molecular formula is C15H12N6O5. The molecule has 0 spiro atoms. The molecule has 11 nitrogen and oxygen atoms in total. The lowest BCUT2D eigenvalue weighted by molar-refractivity contribution is -0.384. The Bertz CT molecular complexity index is 1090. The number of hydrogen-bond donors (Lipinski definition) is 0. The van der Waals surface area contributed by atoms with Crippen molar-refractivity contribution < 1.29 is 14.2 Å². The normalized spacial score (nSPS) is 13.7. The molecule has 0 radical (unpaired) electrons. The maximum Gasteiger partial charge on any atom is 0.368 e. The van der Waals surface area contributed by atoms with Gasteiger partial charge in [0.1, 0.15) is 0 Å². The van der Waals surface area contributed by atoms with E-state index in [4.69, 9.17) is 4.52 Å². The van der Waals surface area contributed by atoms with E-state index in [2.05, 4.69) is 15.6 Å². The van der Waals surface area contributed by atoms with Crippen molar-refractivity contribution in [2.45, 2.75) is 18.8 Å². The smallest absolute Gasteiger partial charge is 0.360 e. The zero-order chi connectivity index (χ0) is 18.4. The van der Waals surface area contributed by atoms with Gasteiger partial charge >= 0.3 is 5.69 Å². The van der Waals surface area contributed by atoms with Crippen LogP contribution >= 0.6 is 0 Å². The number of non-ortho nitro benzene ring substituents is 1. The van der Waals surface area contributed by atoms with Crippen LogP contribution in [0.25, 0.3) is 5.69 Å². The molecule has 0 bridgehead atoms. The maximum atomic E-state index is 13.0. The van der Waals surface area contributed by atoms with Crippen LogP contribution in [0.5, 0.6) is 0 Å². The minimum Gasteiger partial charge on any atom is -0.360 e. The molecule has 4 rings (SSSR count). The van der Waals surface area contributed by atoms with Crippen LogP contribution in [-0.2, 0) is 7.05 Å². The lowest BCUT2D eigenvalue weighted by Crippen LogP contribution is -2.24. The predicted octanol–water partition coefficient (Wildman–Crippen LogP) is 0.971. The van der Waals surface area contributed by atoms with Gasteiger partial charge in [0.15, 0.2) is 11.5 Å². The van der Waals surface area contributed by atoms with E-state index in [0.717, 1.165) is 28.3 Å². The first-order valence-corrected chi connectivity index (χ1v) is 7.74. The summed E-state index contributed by atoms with van der Waals surface area (Å²) in [6, 6.07) is 3.61. The first kappa shape index (κ1) is 15.9. The third-order valence-electron chi connectivity index (χ3n) is 4.18. The first-order chi connectivity index (χ1) is 12.5. The Kier molecular flexibility index (Phi) is 3.49. The van der Waals surface area contributed by atoms with E-state index in [9.17, 15) is 19.7 Å². The molecule has 1 fully saturated rings. The molecule has 2 heterocycles. The third-order valence-corrected chi connectivity index (χ3v) is 4.18. The fourth-order valence-corrected chi connectivity index (χ4v) is 2.67.